The van der Waals surface area contributed by atoms with Gasteiger partial charge in [0.15, 0.2) is 0 Å². The Labute approximate surface area is 159 Å². The van der Waals surface area contributed by atoms with Gasteiger partial charge in [0, 0.05) is 23.0 Å². The van der Waals surface area contributed by atoms with Gasteiger partial charge in [0.2, 0.25) is 10.0 Å². The van der Waals surface area contributed by atoms with Crippen molar-refractivity contribution in [2.45, 2.75) is 32.9 Å². The van der Waals surface area contributed by atoms with Gasteiger partial charge >= 0.3 is 0 Å². The summed E-state index contributed by atoms with van der Waals surface area (Å²) in [4.78, 5) is 15.2. The minimum absolute atomic E-state index is 0.0634. The lowest BCUT2D eigenvalue weighted by Gasteiger charge is -2.10. The second-order valence-electron chi connectivity index (χ2n) is 7.00. The third kappa shape index (κ3) is 4.64. The molecule has 0 spiro atoms. The van der Waals surface area contributed by atoms with Crippen LogP contribution in [0.25, 0.3) is 10.9 Å². The molecule has 6 heteroatoms. The van der Waals surface area contributed by atoms with Crippen LogP contribution >= 0.6 is 0 Å². The number of hydrogen-bond acceptors (Lipinski definition) is 3. The first-order valence-electron chi connectivity index (χ1n) is 8.90. The van der Waals surface area contributed by atoms with Crippen LogP contribution in [0.4, 0.5) is 0 Å². The van der Waals surface area contributed by atoms with E-state index in [1.54, 1.807) is 0 Å². The highest BCUT2D eigenvalue weighted by Gasteiger charge is 2.13. The Bertz CT molecular complexity index is 1150. The van der Waals surface area contributed by atoms with E-state index < -0.39 is 10.0 Å². The molecule has 1 heterocycles. The van der Waals surface area contributed by atoms with Crippen LogP contribution in [0.2, 0.25) is 0 Å². The molecule has 0 aliphatic rings. The van der Waals surface area contributed by atoms with Crippen LogP contribution in [-0.4, -0.2) is 19.9 Å². The van der Waals surface area contributed by atoms with E-state index in [1.807, 2.05) is 57.2 Å². The van der Waals surface area contributed by atoms with E-state index in [0.717, 1.165) is 33.2 Å². The Hall–Kier alpha value is -2.44. The number of rotatable bonds is 6. The molecular weight excluding hydrogens is 360 g/mol. The number of nitrogens with one attached hydrogen (secondary N) is 2. The van der Waals surface area contributed by atoms with Crippen molar-refractivity contribution < 1.29 is 8.42 Å². The largest absolute Gasteiger partial charge is 0.322 e. The molecule has 2 aromatic carbocycles. The SMILES string of the molecule is Cc1cc(C)c2cc(CCNS(=O)(=O)Cc3ccccc3C)c(=O)[nH]c2c1. The van der Waals surface area contributed by atoms with Crippen LogP contribution in [0.15, 0.2) is 47.3 Å². The van der Waals surface area contributed by atoms with E-state index in [9.17, 15) is 13.2 Å². The van der Waals surface area contributed by atoms with Crippen LogP contribution < -0.4 is 10.3 Å². The normalized spacial score (nSPS) is 11.8. The van der Waals surface area contributed by atoms with Gasteiger partial charge in [0.05, 0.1) is 5.75 Å². The third-order valence-electron chi connectivity index (χ3n) is 4.71. The number of aromatic nitrogens is 1. The van der Waals surface area contributed by atoms with Crippen molar-refractivity contribution in [3.63, 3.8) is 0 Å². The molecule has 0 saturated carbocycles. The van der Waals surface area contributed by atoms with E-state index >= 15 is 0 Å². The summed E-state index contributed by atoms with van der Waals surface area (Å²) in [6.07, 6.45) is 0.339. The minimum atomic E-state index is -3.46. The van der Waals surface area contributed by atoms with Crippen LogP contribution in [0.1, 0.15) is 27.8 Å². The summed E-state index contributed by atoms with van der Waals surface area (Å²) in [6, 6.07) is 13.3. The van der Waals surface area contributed by atoms with Gasteiger partial charge in [0.1, 0.15) is 0 Å². The standard InChI is InChI=1S/C21H24N2O3S/c1-14-10-16(3)19-12-17(21(24)23-20(19)11-14)8-9-22-27(25,26)13-18-7-5-4-6-15(18)2/h4-7,10-12,22H,8-9,13H2,1-3H3,(H,23,24). The Morgan fingerprint density at radius 2 is 1.70 bits per heavy atom. The highest BCUT2D eigenvalue weighted by molar-refractivity contribution is 7.88. The van der Waals surface area contributed by atoms with Crippen molar-refractivity contribution >= 4 is 20.9 Å². The molecule has 3 aromatic rings. The Morgan fingerprint density at radius 1 is 0.963 bits per heavy atom. The van der Waals surface area contributed by atoms with E-state index in [2.05, 4.69) is 15.8 Å². The molecule has 0 atom stereocenters. The number of sulfonamides is 1. The number of fused-ring (bicyclic) bond motifs is 1. The zero-order chi connectivity index (χ0) is 19.6. The van der Waals surface area contributed by atoms with Gasteiger partial charge < -0.3 is 4.98 Å². The first-order valence-corrected chi connectivity index (χ1v) is 10.6. The topological polar surface area (TPSA) is 79.0 Å². The second-order valence-corrected chi connectivity index (χ2v) is 8.80. The van der Waals surface area contributed by atoms with E-state index in [1.165, 1.54) is 0 Å². The van der Waals surface area contributed by atoms with Gasteiger partial charge in [-0.05, 0) is 61.6 Å². The maximum Gasteiger partial charge on any atom is 0.251 e. The lowest BCUT2D eigenvalue weighted by atomic mass is 10.0. The fourth-order valence-electron chi connectivity index (χ4n) is 3.27. The number of H-pyrrole nitrogens is 1. The highest BCUT2D eigenvalue weighted by atomic mass is 32.2. The lowest BCUT2D eigenvalue weighted by molar-refractivity contribution is 0.580. The summed E-state index contributed by atoms with van der Waals surface area (Å²) < 4.78 is 27.3. The van der Waals surface area contributed by atoms with Gasteiger partial charge in [-0.15, -0.1) is 0 Å². The Kier molecular flexibility index (Phi) is 5.48. The first-order chi connectivity index (χ1) is 12.7. The monoisotopic (exact) mass is 384 g/mol. The molecule has 142 valence electrons. The number of pyridine rings is 1. The Balaban J connectivity index is 1.72. The van der Waals surface area contributed by atoms with Crippen molar-refractivity contribution in [2.24, 2.45) is 0 Å². The molecular formula is C21H24N2O3S. The van der Waals surface area contributed by atoms with E-state index in [4.69, 9.17) is 0 Å². The van der Waals surface area contributed by atoms with Crippen molar-refractivity contribution in [1.29, 1.82) is 0 Å². The first kappa shape index (κ1) is 19.3. The molecule has 27 heavy (non-hydrogen) atoms. The van der Waals surface area contributed by atoms with Crippen LogP contribution in [0, 0.1) is 20.8 Å². The maximum absolute atomic E-state index is 12.3. The summed E-state index contributed by atoms with van der Waals surface area (Å²) in [6.45, 7) is 6.07. The number of aryl methyl sites for hydroxylation is 3. The van der Waals surface area contributed by atoms with Crippen molar-refractivity contribution in [3.05, 3.63) is 80.6 Å². The molecule has 0 aliphatic carbocycles. The number of hydrogen-bond donors (Lipinski definition) is 2. The molecule has 0 amide bonds. The average Bonchev–Trinajstić information content (AvgIpc) is 2.57. The minimum Gasteiger partial charge on any atom is -0.322 e. The van der Waals surface area contributed by atoms with Crippen LogP contribution in [0.3, 0.4) is 0 Å². The zero-order valence-electron chi connectivity index (χ0n) is 15.8. The predicted octanol–water partition coefficient (Wildman–Crippen LogP) is 3.12. The molecule has 1 aromatic heterocycles. The Morgan fingerprint density at radius 3 is 2.44 bits per heavy atom. The molecule has 0 aliphatic heterocycles. The van der Waals surface area contributed by atoms with E-state index in [-0.39, 0.29) is 17.9 Å². The fraction of sp³-hybridized carbons (Fsp3) is 0.286. The third-order valence-corrected chi connectivity index (χ3v) is 6.05. The van der Waals surface area contributed by atoms with Gasteiger partial charge in [-0.2, -0.15) is 0 Å². The summed E-state index contributed by atoms with van der Waals surface area (Å²) in [5.41, 5.74) is 5.11. The van der Waals surface area contributed by atoms with Gasteiger partial charge in [0.25, 0.3) is 5.56 Å². The summed E-state index contributed by atoms with van der Waals surface area (Å²) >= 11 is 0. The second kappa shape index (κ2) is 7.66. The van der Waals surface area contributed by atoms with E-state index in [0.29, 0.717) is 12.0 Å². The highest BCUT2D eigenvalue weighted by Crippen LogP contribution is 2.18. The predicted molar refractivity (Wildman–Crippen MR) is 110 cm³/mol. The van der Waals surface area contributed by atoms with Crippen molar-refractivity contribution in [3.8, 4) is 0 Å². The summed E-state index contributed by atoms with van der Waals surface area (Å²) in [5, 5.41) is 0.984. The van der Waals surface area contributed by atoms with Crippen molar-refractivity contribution in [1.82, 2.24) is 9.71 Å². The molecule has 0 saturated heterocycles. The number of aromatic amines is 1. The van der Waals surface area contributed by atoms with Gasteiger partial charge in [-0.1, -0.05) is 30.3 Å². The molecule has 3 rings (SSSR count). The summed E-state index contributed by atoms with van der Waals surface area (Å²) in [5.74, 6) is -0.0634. The molecule has 5 nitrogen and oxygen atoms in total. The molecule has 2 N–H and O–H groups in total. The van der Waals surface area contributed by atoms with Crippen LogP contribution in [0.5, 0.6) is 0 Å². The van der Waals surface area contributed by atoms with Gasteiger partial charge in [-0.25, -0.2) is 13.1 Å². The maximum atomic E-state index is 12.3. The lowest BCUT2D eigenvalue weighted by Crippen LogP contribution is -2.29. The molecule has 0 fully saturated rings. The molecule has 0 unspecified atom stereocenters. The molecule has 0 radical (unpaired) electrons. The van der Waals surface area contributed by atoms with Gasteiger partial charge in [-0.3, -0.25) is 4.79 Å². The molecule has 0 bridgehead atoms. The number of benzene rings is 2. The quantitative estimate of drug-likeness (QED) is 0.685. The van der Waals surface area contributed by atoms with Crippen molar-refractivity contribution in [2.75, 3.05) is 6.54 Å². The zero-order valence-corrected chi connectivity index (χ0v) is 16.6. The average molecular weight is 385 g/mol. The smallest absolute Gasteiger partial charge is 0.251 e. The summed E-state index contributed by atoms with van der Waals surface area (Å²) in [7, 11) is -3.46. The van der Waals surface area contributed by atoms with Crippen LogP contribution in [-0.2, 0) is 22.2 Å². The fourth-order valence-corrected chi connectivity index (χ4v) is 4.52.